The molecule has 0 radical (unpaired) electrons. The molecule has 0 spiro atoms. The van der Waals surface area contributed by atoms with E-state index in [4.69, 9.17) is 21.7 Å². The van der Waals surface area contributed by atoms with E-state index in [1.54, 1.807) is 14.2 Å². The van der Waals surface area contributed by atoms with E-state index in [2.05, 4.69) is 16.0 Å². The normalized spacial score (nSPS) is 15.6. The molecule has 0 aliphatic carbocycles. The van der Waals surface area contributed by atoms with E-state index < -0.39 is 0 Å². The van der Waals surface area contributed by atoms with Crippen LogP contribution in [0, 0.1) is 0 Å². The Hall–Kier alpha value is -2.22. The Balaban J connectivity index is 2.31. The van der Waals surface area contributed by atoms with E-state index in [-0.39, 0.29) is 18.1 Å². The molecule has 8 heteroatoms. The predicted molar refractivity (Wildman–Crippen MR) is 115 cm³/mol. The number of ether oxygens (including phenoxy) is 2. The van der Waals surface area contributed by atoms with Crippen LogP contribution in [0.4, 0.5) is 4.79 Å². The summed E-state index contributed by atoms with van der Waals surface area (Å²) in [6, 6.07) is 4.00. The Kier molecular flexibility index (Phi) is 8.17. The average molecular weight is 409 g/mol. The largest absolute Gasteiger partial charge is 0.493 e. The van der Waals surface area contributed by atoms with Gasteiger partial charge in [-0.05, 0) is 62.2 Å². The minimum absolute atomic E-state index is 0.0585. The van der Waals surface area contributed by atoms with Gasteiger partial charge in [0, 0.05) is 25.7 Å². The van der Waals surface area contributed by atoms with E-state index >= 15 is 0 Å². The fourth-order valence-electron chi connectivity index (χ4n) is 3.33. The molecule has 2 amide bonds. The molecule has 1 aromatic rings. The van der Waals surface area contributed by atoms with Crippen molar-refractivity contribution in [1.82, 2.24) is 20.9 Å². The van der Waals surface area contributed by atoms with Crippen LogP contribution in [-0.2, 0) is 6.42 Å². The van der Waals surface area contributed by atoms with Gasteiger partial charge in [0.25, 0.3) is 0 Å². The van der Waals surface area contributed by atoms with Gasteiger partial charge in [-0.25, -0.2) is 4.79 Å². The second-order valence-electron chi connectivity index (χ2n) is 7.11. The van der Waals surface area contributed by atoms with E-state index in [1.165, 1.54) is 0 Å². The summed E-state index contributed by atoms with van der Waals surface area (Å²) < 4.78 is 10.9. The van der Waals surface area contributed by atoms with Gasteiger partial charge in [-0.2, -0.15) is 0 Å². The van der Waals surface area contributed by atoms with Crippen LogP contribution in [0.1, 0.15) is 44.4 Å². The Bertz CT molecular complexity index is 696. The molecule has 0 saturated heterocycles. The smallest absolute Gasteiger partial charge is 0.317 e. The van der Waals surface area contributed by atoms with E-state index in [0.717, 1.165) is 24.0 Å². The van der Waals surface area contributed by atoms with Crippen LogP contribution in [0.15, 0.2) is 12.1 Å². The summed E-state index contributed by atoms with van der Waals surface area (Å²) >= 11 is 5.37. The molecular formula is C20H32N4O3S. The van der Waals surface area contributed by atoms with Crippen molar-refractivity contribution in [1.29, 1.82) is 0 Å². The van der Waals surface area contributed by atoms with Gasteiger partial charge < -0.3 is 30.3 Å². The quantitative estimate of drug-likeness (QED) is 0.602. The molecule has 1 atom stereocenters. The van der Waals surface area contributed by atoms with Gasteiger partial charge in [-0.1, -0.05) is 6.92 Å². The van der Waals surface area contributed by atoms with Gasteiger partial charge >= 0.3 is 6.03 Å². The van der Waals surface area contributed by atoms with Crippen molar-refractivity contribution in [3.05, 3.63) is 23.3 Å². The number of nitrogens with one attached hydrogen (secondary N) is 3. The first-order valence-corrected chi connectivity index (χ1v) is 10.2. The molecule has 1 aromatic carbocycles. The molecule has 0 saturated carbocycles. The lowest BCUT2D eigenvalue weighted by Gasteiger charge is -2.38. The lowest BCUT2D eigenvalue weighted by Crippen LogP contribution is -2.50. The number of fused-ring (bicyclic) bond motifs is 1. The Labute approximate surface area is 173 Å². The second kappa shape index (κ2) is 10.4. The molecule has 28 heavy (non-hydrogen) atoms. The van der Waals surface area contributed by atoms with Gasteiger partial charge in [0.1, 0.15) is 0 Å². The summed E-state index contributed by atoms with van der Waals surface area (Å²) in [4.78, 5) is 14.6. The third kappa shape index (κ3) is 5.41. The number of urea groups is 1. The number of methoxy groups -OCH3 is 2. The van der Waals surface area contributed by atoms with Crippen molar-refractivity contribution in [2.75, 3.05) is 33.9 Å². The number of hydrogen-bond donors (Lipinski definition) is 3. The van der Waals surface area contributed by atoms with Crippen LogP contribution in [0.2, 0.25) is 0 Å². The predicted octanol–water partition coefficient (Wildman–Crippen LogP) is 2.60. The molecule has 0 unspecified atom stereocenters. The molecule has 1 heterocycles. The van der Waals surface area contributed by atoms with Crippen LogP contribution < -0.4 is 25.4 Å². The SMILES string of the molecule is CCCNC(=O)N1CCc2cc(OC)c(OC)cc2[C@H]1CNC(=S)NC(C)C. The zero-order chi connectivity index (χ0) is 20.7. The van der Waals surface area contributed by atoms with Gasteiger partial charge in [-0.15, -0.1) is 0 Å². The van der Waals surface area contributed by atoms with Crippen LogP contribution in [0.3, 0.4) is 0 Å². The first-order valence-electron chi connectivity index (χ1n) is 9.74. The molecule has 3 N–H and O–H groups in total. The third-order valence-corrected chi connectivity index (χ3v) is 4.93. The number of benzene rings is 1. The van der Waals surface area contributed by atoms with Crippen LogP contribution >= 0.6 is 12.2 Å². The van der Waals surface area contributed by atoms with Gasteiger partial charge in [0.15, 0.2) is 16.6 Å². The standard InChI is InChI=1S/C20H32N4O3S/c1-6-8-21-20(25)24-9-7-14-10-17(26-4)18(27-5)11-15(14)16(24)12-22-19(28)23-13(2)3/h10-11,13,16H,6-9,12H2,1-5H3,(H,21,25)(H2,22,23,28)/t16-/m1/s1. The molecule has 1 aliphatic heterocycles. The lowest BCUT2D eigenvalue weighted by atomic mass is 9.92. The summed E-state index contributed by atoms with van der Waals surface area (Å²) in [5, 5.41) is 10.0. The number of hydrogen-bond acceptors (Lipinski definition) is 4. The monoisotopic (exact) mass is 408 g/mol. The highest BCUT2D eigenvalue weighted by Crippen LogP contribution is 2.37. The van der Waals surface area contributed by atoms with Crippen molar-refractivity contribution >= 4 is 23.4 Å². The first kappa shape index (κ1) is 22.1. The average Bonchev–Trinajstić information content (AvgIpc) is 2.68. The molecule has 2 rings (SSSR count). The maximum Gasteiger partial charge on any atom is 0.317 e. The lowest BCUT2D eigenvalue weighted by molar-refractivity contribution is 0.169. The first-order chi connectivity index (χ1) is 13.4. The van der Waals surface area contributed by atoms with Crippen LogP contribution in [0.25, 0.3) is 0 Å². The molecule has 7 nitrogen and oxygen atoms in total. The number of carbonyl (C=O) groups excluding carboxylic acids is 1. The van der Waals surface area contributed by atoms with Gasteiger partial charge in [-0.3, -0.25) is 0 Å². The van der Waals surface area contributed by atoms with Crippen LogP contribution in [0.5, 0.6) is 11.5 Å². The topological polar surface area (TPSA) is 74.9 Å². The maximum absolute atomic E-state index is 12.8. The summed E-state index contributed by atoms with van der Waals surface area (Å²) in [6.45, 7) is 7.91. The van der Waals surface area contributed by atoms with Crippen molar-refractivity contribution in [3.8, 4) is 11.5 Å². The zero-order valence-corrected chi connectivity index (χ0v) is 18.2. The van der Waals surface area contributed by atoms with E-state index in [0.29, 0.717) is 36.2 Å². The number of rotatable bonds is 7. The van der Waals surface area contributed by atoms with Crippen molar-refractivity contribution in [2.45, 2.75) is 45.7 Å². The fourth-order valence-corrected chi connectivity index (χ4v) is 3.65. The summed E-state index contributed by atoms with van der Waals surface area (Å²) in [6.07, 6.45) is 1.66. The molecule has 1 aliphatic rings. The molecule has 0 fully saturated rings. The molecular weight excluding hydrogens is 376 g/mol. The highest BCUT2D eigenvalue weighted by atomic mass is 32.1. The Morgan fingerprint density at radius 3 is 2.54 bits per heavy atom. The minimum Gasteiger partial charge on any atom is -0.493 e. The Morgan fingerprint density at radius 2 is 1.93 bits per heavy atom. The molecule has 0 bridgehead atoms. The highest BCUT2D eigenvalue weighted by Gasteiger charge is 2.32. The molecule has 0 aromatic heterocycles. The maximum atomic E-state index is 12.8. The fraction of sp³-hybridized carbons (Fsp3) is 0.600. The van der Waals surface area contributed by atoms with Gasteiger partial charge in [0.05, 0.1) is 20.3 Å². The van der Waals surface area contributed by atoms with Crippen LogP contribution in [-0.4, -0.2) is 55.9 Å². The van der Waals surface area contributed by atoms with Gasteiger partial charge in [0.2, 0.25) is 0 Å². The van der Waals surface area contributed by atoms with Crippen molar-refractivity contribution < 1.29 is 14.3 Å². The number of amides is 2. The third-order valence-electron chi connectivity index (χ3n) is 4.67. The van der Waals surface area contributed by atoms with E-state index in [1.807, 2.05) is 37.8 Å². The summed E-state index contributed by atoms with van der Waals surface area (Å²) in [5.41, 5.74) is 2.21. The number of nitrogens with zero attached hydrogens (tertiary/aromatic N) is 1. The second-order valence-corrected chi connectivity index (χ2v) is 7.51. The van der Waals surface area contributed by atoms with E-state index in [9.17, 15) is 4.79 Å². The number of carbonyl (C=O) groups is 1. The summed E-state index contributed by atoms with van der Waals surface area (Å²) in [5.74, 6) is 1.36. The molecule has 156 valence electrons. The zero-order valence-electron chi connectivity index (χ0n) is 17.4. The highest BCUT2D eigenvalue weighted by molar-refractivity contribution is 7.80. The van der Waals surface area contributed by atoms with Crippen molar-refractivity contribution in [2.24, 2.45) is 0 Å². The van der Waals surface area contributed by atoms with Crippen molar-refractivity contribution in [3.63, 3.8) is 0 Å². The Morgan fingerprint density at radius 1 is 1.25 bits per heavy atom. The summed E-state index contributed by atoms with van der Waals surface area (Å²) in [7, 11) is 3.25. The minimum atomic E-state index is -0.160. The number of thiocarbonyl (C=S) groups is 1.